The van der Waals surface area contributed by atoms with Crippen LogP contribution in [0.4, 0.5) is 18.9 Å². The SMILES string of the molecule is CCCNC(=O)C1CCCN(C(=O)c2ccc(NC(=O)c3ccc(Cl)cc3)cc2)C1.O=C(O)C(F)(F)F. The van der Waals surface area contributed by atoms with Crippen LogP contribution in [-0.4, -0.2) is 59.5 Å². The lowest BCUT2D eigenvalue weighted by Crippen LogP contribution is -2.45. The maximum atomic E-state index is 12.9. The van der Waals surface area contributed by atoms with Gasteiger partial charge in [0.2, 0.25) is 5.91 Å². The van der Waals surface area contributed by atoms with Crippen LogP contribution in [0.1, 0.15) is 46.9 Å². The second kappa shape index (κ2) is 13.6. The van der Waals surface area contributed by atoms with Crippen LogP contribution < -0.4 is 10.6 Å². The van der Waals surface area contributed by atoms with Crippen LogP contribution in [0.3, 0.4) is 0 Å². The molecule has 1 saturated heterocycles. The summed E-state index contributed by atoms with van der Waals surface area (Å²) in [7, 11) is 0. The smallest absolute Gasteiger partial charge is 0.475 e. The molecule has 0 saturated carbocycles. The predicted octanol–water partition coefficient (Wildman–Crippen LogP) is 4.60. The van der Waals surface area contributed by atoms with Crippen molar-refractivity contribution in [1.82, 2.24) is 10.2 Å². The molecule has 1 unspecified atom stereocenters. The highest BCUT2D eigenvalue weighted by Crippen LogP contribution is 2.20. The highest BCUT2D eigenvalue weighted by atomic mass is 35.5. The van der Waals surface area contributed by atoms with Gasteiger partial charge in [-0.1, -0.05) is 18.5 Å². The lowest BCUT2D eigenvalue weighted by molar-refractivity contribution is -0.192. The number of amides is 3. The Kier molecular flexibility index (Phi) is 10.9. The topological polar surface area (TPSA) is 116 Å². The van der Waals surface area contributed by atoms with Gasteiger partial charge in [-0.15, -0.1) is 0 Å². The molecular formula is C25H27ClF3N3O5. The maximum absolute atomic E-state index is 12.9. The molecule has 0 aliphatic carbocycles. The highest BCUT2D eigenvalue weighted by Gasteiger charge is 2.38. The first-order valence-electron chi connectivity index (χ1n) is 11.5. The Morgan fingerprint density at radius 1 is 1.03 bits per heavy atom. The number of carbonyl (C=O) groups is 4. The Labute approximate surface area is 216 Å². The number of carbonyl (C=O) groups excluding carboxylic acids is 3. The number of hydrogen-bond donors (Lipinski definition) is 3. The molecule has 1 atom stereocenters. The fourth-order valence-electron chi connectivity index (χ4n) is 3.45. The van der Waals surface area contributed by atoms with Crippen LogP contribution >= 0.6 is 11.6 Å². The first kappa shape index (κ1) is 29.6. The molecule has 0 spiro atoms. The number of carboxylic acids is 1. The lowest BCUT2D eigenvalue weighted by atomic mass is 9.96. The molecule has 200 valence electrons. The summed E-state index contributed by atoms with van der Waals surface area (Å²) in [6.07, 6.45) is -2.58. The Morgan fingerprint density at radius 3 is 2.14 bits per heavy atom. The van der Waals surface area contributed by atoms with Gasteiger partial charge in [-0.3, -0.25) is 14.4 Å². The van der Waals surface area contributed by atoms with Gasteiger partial charge in [-0.25, -0.2) is 4.79 Å². The van der Waals surface area contributed by atoms with Crippen molar-refractivity contribution in [2.75, 3.05) is 25.0 Å². The molecular weight excluding hydrogens is 515 g/mol. The highest BCUT2D eigenvalue weighted by molar-refractivity contribution is 6.30. The molecule has 0 bridgehead atoms. The first-order chi connectivity index (χ1) is 17.4. The van der Waals surface area contributed by atoms with Gasteiger partial charge < -0.3 is 20.6 Å². The van der Waals surface area contributed by atoms with E-state index in [1.54, 1.807) is 53.4 Å². The molecule has 2 aromatic carbocycles. The number of nitrogens with zero attached hydrogens (tertiary/aromatic N) is 1. The second-order valence-corrected chi connectivity index (χ2v) is 8.66. The zero-order valence-electron chi connectivity index (χ0n) is 20.0. The lowest BCUT2D eigenvalue weighted by Gasteiger charge is -2.32. The van der Waals surface area contributed by atoms with E-state index in [-0.39, 0.29) is 23.6 Å². The van der Waals surface area contributed by atoms with Gasteiger partial charge >= 0.3 is 12.1 Å². The largest absolute Gasteiger partial charge is 0.490 e. The third-order valence-electron chi connectivity index (χ3n) is 5.37. The van der Waals surface area contributed by atoms with E-state index in [1.165, 1.54) is 0 Å². The van der Waals surface area contributed by atoms with Gasteiger partial charge in [0.05, 0.1) is 5.92 Å². The zero-order chi connectivity index (χ0) is 27.6. The van der Waals surface area contributed by atoms with Gasteiger partial charge in [-0.2, -0.15) is 13.2 Å². The molecule has 0 aromatic heterocycles. The van der Waals surface area contributed by atoms with Crippen LogP contribution in [0.15, 0.2) is 48.5 Å². The number of piperidine rings is 1. The standard InChI is InChI=1S/C23H26ClN3O3.C2HF3O2/c1-2-13-25-21(28)18-4-3-14-27(15-18)23(30)17-7-11-20(12-8-17)26-22(29)16-5-9-19(24)10-6-16;3-2(4,5)1(6)7/h5-12,18H,2-4,13-15H2,1H3,(H,25,28)(H,26,29);(H,6,7). The van der Waals surface area contributed by atoms with E-state index in [0.29, 0.717) is 41.5 Å². The van der Waals surface area contributed by atoms with E-state index in [0.717, 1.165) is 19.3 Å². The summed E-state index contributed by atoms with van der Waals surface area (Å²) < 4.78 is 31.7. The van der Waals surface area contributed by atoms with Crippen molar-refractivity contribution in [2.24, 2.45) is 5.92 Å². The molecule has 2 aromatic rings. The number of nitrogens with one attached hydrogen (secondary N) is 2. The molecule has 0 radical (unpaired) electrons. The van der Waals surface area contributed by atoms with Gasteiger partial charge in [0.1, 0.15) is 0 Å². The average Bonchev–Trinajstić information content (AvgIpc) is 2.87. The van der Waals surface area contributed by atoms with E-state index in [9.17, 15) is 27.6 Å². The van der Waals surface area contributed by atoms with Crippen molar-refractivity contribution in [2.45, 2.75) is 32.4 Å². The number of aliphatic carboxylic acids is 1. The van der Waals surface area contributed by atoms with Crippen LogP contribution in [0.2, 0.25) is 5.02 Å². The van der Waals surface area contributed by atoms with Gasteiger partial charge in [-0.05, 0) is 67.8 Å². The van der Waals surface area contributed by atoms with Gasteiger partial charge in [0.15, 0.2) is 0 Å². The van der Waals surface area contributed by atoms with E-state index in [2.05, 4.69) is 10.6 Å². The number of benzene rings is 2. The molecule has 3 rings (SSSR count). The summed E-state index contributed by atoms with van der Waals surface area (Å²) in [4.78, 5) is 48.0. The minimum Gasteiger partial charge on any atom is -0.475 e. The third-order valence-corrected chi connectivity index (χ3v) is 5.62. The molecule has 1 aliphatic heterocycles. The fraction of sp³-hybridized carbons (Fsp3) is 0.360. The van der Waals surface area contributed by atoms with Crippen molar-refractivity contribution >= 4 is 41.0 Å². The number of rotatable bonds is 6. The normalized spacial score (nSPS) is 15.2. The molecule has 8 nitrogen and oxygen atoms in total. The first-order valence-corrected chi connectivity index (χ1v) is 11.8. The van der Waals surface area contributed by atoms with Crippen LogP contribution in [0.25, 0.3) is 0 Å². The van der Waals surface area contributed by atoms with E-state index in [4.69, 9.17) is 21.5 Å². The molecule has 3 amide bonds. The predicted molar refractivity (Wildman–Crippen MR) is 131 cm³/mol. The number of anilines is 1. The van der Waals surface area contributed by atoms with E-state index in [1.807, 2.05) is 6.92 Å². The quantitative estimate of drug-likeness (QED) is 0.494. The summed E-state index contributed by atoms with van der Waals surface area (Å²) in [6, 6.07) is 13.4. The number of hydrogen-bond acceptors (Lipinski definition) is 4. The molecule has 37 heavy (non-hydrogen) atoms. The minimum atomic E-state index is -5.08. The minimum absolute atomic E-state index is 0.0228. The Balaban J connectivity index is 0.000000604. The molecule has 3 N–H and O–H groups in total. The summed E-state index contributed by atoms with van der Waals surface area (Å²) >= 11 is 5.85. The van der Waals surface area contributed by atoms with Crippen molar-refractivity contribution in [3.8, 4) is 0 Å². The Bertz CT molecular complexity index is 1090. The maximum Gasteiger partial charge on any atom is 0.490 e. The summed E-state index contributed by atoms with van der Waals surface area (Å²) in [6.45, 7) is 3.75. The molecule has 12 heteroatoms. The Morgan fingerprint density at radius 2 is 1.59 bits per heavy atom. The third kappa shape index (κ3) is 9.41. The van der Waals surface area contributed by atoms with Crippen molar-refractivity contribution in [3.63, 3.8) is 0 Å². The number of likely N-dealkylation sites (tertiary alicyclic amines) is 1. The van der Waals surface area contributed by atoms with Crippen molar-refractivity contribution < 1.29 is 37.5 Å². The van der Waals surface area contributed by atoms with Crippen LogP contribution in [0.5, 0.6) is 0 Å². The molecule has 1 heterocycles. The fourth-order valence-corrected chi connectivity index (χ4v) is 3.58. The second-order valence-electron chi connectivity index (χ2n) is 8.22. The summed E-state index contributed by atoms with van der Waals surface area (Å²) in [5, 5.41) is 13.4. The van der Waals surface area contributed by atoms with E-state index < -0.39 is 12.1 Å². The number of halogens is 4. The summed E-state index contributed by atoms with van der Waals surface area (Å²) in [5.41, 5.74) is 1.64. The molecule has 1 fully saturated rings. The number of carboxylic acid groups (broad SMARTS) is 1. The zero-order valence-corrected chi connectivity index (χ0v) is 20.7. The van der Waals surface area contributed by atoms with Gasteiger partial charge in [0.25, 0.3) is 11.8 Å². The Hall–Kier alpha value is -3.60. The monoisotopic (exact) mass is 541 g/mol. The van der Waals surface area contributed by atoms with Crippen LogP contribution in [0, 0.1) is 5.92 Å². The van der Waals surface area contributed by atoms with Crippen molar-refractivity contribution in [3.05, 3.63) is 64.7 Å². The van der Waals surface area contributed by atoms with Gasteiger partial charge in [0, 0.05) is 41.5 Å². The van der Waals surface area contributed by atoms with E-state index >= 15 is 0 Å². The van der Waals surface area contributed by atoms with Crippen LogP contribution in [-0.2, 0) is 9.59 Å². The number of alkyl halides is 3. The average molecular weight is 542 g/mol. The molecule has 1 aliphatic rings. The van der Waals surface area contributed by atoms with Crippen molar-refractivity contribution in [1.29, 1.82) is 0 Å². The summed E-state index contributed by atoms with van der Waals surface area (Å²) in [5.74, 6) is -3.24.